The van der Waals surface area contributed by atoms with E-state index in [0.29, 0.717) is 12.5 Å². The molecule has 0 spiro atoms. The summed E-state index contributed by atoms with van der Waals surface area (Å²) in [5.74, 6) is 2.17. The SMILES string of the molecule is CN=C(NCc1nccn1Cc1ccccc1)NCC1CCCOC1c1ccc(C)cc1.I. The van der Waals surface area contributed by atoms with E-state index in [4.69, 9.17) is 4.74 Å². The maximum Gasteiger partial charge on any atom is 0.191 e. The fraction of sp³-hybridized carbons (Fsp3) is 0.385. The number of ether oxygens (including phenoxy) is 1. The third kappa shape index (κ3) is 7.04. The number of aliphatic imine (C=N–C) groups is 1. The fourth-order valence-corrected chi connectivity index (χ4v) is 4.22. The summed E-state index contributed by atoms with van der Waals surface area (Å²) in [6, 6.07) is 19.1. The van der Waals surface area contributed by atoms with Gasteiger partial charge in [0.25, 0.3) is 0 Å². The molecule has 0 radical (unpaired) electrons. The molecule has 0 amide bonds. The Morgan fingerprint density at radius 2 is 1.91 bits per heavy atom. The minimum atomic E-state index is 0. The second kappa shape index (κ2) is 12.7. The van der Waals surface area contributed by atoms with Crippen molar-refractivity contribution < 1.29 is 4.74 Å². The molecule has 33 heavy (non-hydrogen) atoms. The maximum atomic E-state index is 6.16. The molecule has 4 rings (SSSR count). The Morgan fingerprint density at radius 1 is 1.12 bits per heavy atom. The molecule has 0 aliphatic carbocycles. The van der Waals surface area contributed by atoms with Crippen LogP contribution in [-0.4, -0.2) is 35.7 Å². The van der Waals surface area contributed by atoms with Gasteiger partial charge in [0, 0.05) is 45.1 Å². The Hall–Kier alpha value is -2.39. The number of halogens is 1. The second-order valence-electron chi connectivity index (χ2n) is 8.37. The molecule has 1 aromatic heterocycles. The molecular weight excluding hydrogens is 525 g/mol. The number of nitrogens with one attached hydrogen (secondary N) is 2. The number of hydrogen-bond donors (Lipinski definition) is 2. The lowest BCUT2D eigenvalue weighted by atomic mass is 9.89. The van der Waals surface area contributed by atoms with Crippen molar-refractivity contribution in [1.29, 1.82) is 0 Å². The first-order chi connectivity index (χ1) is 15.7. The normalized spacial score (nSPS) is 18.4. The number of imidazole rings is 1. The van der Waals surface area contributed by atoms with Gasteiger partial charge < -0.3 is 19.9 Å². The summed E-state index contributed by atoms with van der Waals surface area (Å²) in [6.07, 6.45) is 6.23. The lowest BCUT2D eigenvalue weighted by Crippen LogP contribution is -2.42. The van der Waals surface area contributed by atoms with Crippen molar-refractivity contribution in [3.8, 4) is 0 Å². The van der Waals surface area contributed by atoms with Crippen molar-refractivity contribution in [2.45, 2.75) is 39.0 Å². The molecule has 176 valence electrons. The van der Waals surface area contributed by atoms with Crippen LogP contribution in [0.25, 0.3) is 0 Å². The molecule has 1 saturated heterocycles. The minimum absolute atomic E-state index is 0. The highest BCUT2D eigenvalue weighted by Crippen LogP contribution is 2.33. The van der Waals surface area contributed by atoms with Gasteiger partial charge in [-0.15, -0.1) is 24.0 Å². The Morgan fingerprint density at radius 3 is 2.67 bits per heavy atom. The third-order valence-corrected chi connectivity index (χ3v) is 6.02. The Balaban J connectivity index is 0.00000306. The van der Waals surface area contributed by atoms with Crippen LogP contribution in [0.5, 0.6) is 0 Å². The number of aromatic nitrogens is 2. The highest BCUT2D eigenvalue weighted by Gasteiger charge is 2.27. The van der Waals surface area contributed by atoms with Crippen LogP contribution in [0.1, 0.15) is 41.5 Å². The molecule has 6 nitrogen and oxygen atoms in total. The number of aryl methyl sites for hydroxylation is 1. The van der Waals surface area contributed by atoms with Crippen LogP contribution in [0.2, 0.25) is 0 Å². The van der Waals surface area contributed by atoms with Crippen molar-refractivity contribution in [1.82, 2.24) is 20.2 Å². The Labute approximate surface area is 213 Å². The molecule has 0 bridgehead atoms. The second-order valence-corrected chi connectivity index (χ2v) is 8.37. The Bertz CT molecular complexity index is 1000. The molecule has 2 atom stereocenters. The average molecular weight is 559 g/mol. The van der Waals surface area contributed by atoms with Crippen molar-refractivity contribution in [2.24, 2.45) is 10.9 Å². The molecular formula is C26H34IN5O. The number of benzene rings is 2. The van der Waals surface area contributed by atoms with Crippen LogP contribution >= 0.6 is 24.0 Å². The summed E-state index contributed by atoms with van der Waals surface area (Å²) in [5, 5.41) is 6.92. The summed E-state index contributed by atoms with van der Waals surface area (Å²) in [7, 11) is 1.81. The highest BCUT2D eigenvalue weighted by molar-refractivity contribution is 14.0. The van der Waals surface area contributed by atoms with Crippen molar-refractivity contribution in [2.75, 3.05) is 20.2 Å². The Kier molecular flexibility index (Phi) is 9.75. The van der Waals surface area contributed by atoms with Gasteiger partial charge in [0.05, 0.1) is 12.6 Å². The minimum Gasteiger partial charge on any atom is -0.373 e. The molecule has 1 aliphatic heterocycles. The largest absolute Gasteiger partial charge is 0.373 e. The van der Waals surface area contributed by atoms with E-state index in [1.165, 1.54) is 16.7 Å². The van der Waals surface area contributed by atoms with Crippen LogP contribution in [-0.2, 0) is 17.8 Å². The van der Waals surface area contributed by atoms with Gasteiger partial charge in [0.1, 0.15) is 5.82 Å². The molecule has 2 unspecified atom stereocenters. The number of nitrogens with zero attached hydrogens (tertiary/aromatic N) is 3. The number of hydrogen-bond acceptors (Lipinski definition) is 3. The molecule has 7 heteroatoms. The van der Waals surface area contributed by atoms with Crippen molar-refractivity contribution in [3.05, 3.63) is 89.5 Å². The van der Waals surface area contributed by atoms with Crippen molar-refractivity contribution in [3.63, 3.8) is 0 Å². The van der Waals surface area contributed by atoms with Gasteiger partial charge in [-0.1, -0.05) is 60.2 Å². The zero-order valence-electron chi connectivity index (χ0n) is 19.4. The van der Waals surface area contributed by atoms with Crippen LogP contribution in [0, 0.1) is 12.8 Å². The van der Waals surface area contributed by atoms with Crippen LogP contribution < -0.4 is 10.6 Å². The smallest absolute Gasteiger partial charge is 0.191 e. The van der Waals surface area contributed by atoms with Gasteiger partial charge in [-0.05, 0) is 30.9 Å². The first-order valence-electron chi connectivity index (χ1n) is 11.4. The monoisotopic (exact) mass is 559 g/mol. The van der Waals surface area contributed by atoms with Gasteiger partial charge in [-0.2, -0.15) is 0 Å². The van der Waals surface area contributed by atoms with E-state index in [1.807, 2.05) is 18.5 Å². The molecule has 3 aromatic rings. The van der Waals surface area contributed by atoms with E-state index < -0.39 is 0 Å². The first kappa shape index (κ1) is 25.2. The standard InChI is InChI=1S/C26H33N5O.HI/c1-20-10-12-22(13-11-20)25-23(9-6-16-32-25)17-29-26(27-2)30-18-24-28-14-15-31(24)19-21-7-4-3-5-8-21;/h3-5,7-8,10-15,23,25H,6,9,16-19H2,1-2H3,(H2,27,29,30);1H. The van der Waals surface area contributed by atoms with Gasteiger partial charge in [-0.3, -0.25) is 4.99 Å². The van der Waals surface area contributed by atoms with Gasteiger partial charge in [-0.25, -0.2) is 4.98 Å². The lowest BCUT2D eigenvalue weighted by molar-refractivity contribution is -0.0265. The predicted molar refractivity (Wildman–Crippen MR) is 144 cm³/mol. The summed E-state index contributed by atoms with van der Waals surface area (Å²) >= 11 is 0. The van der Waals surface area contributed by atoms with E-state index in [2.05, 4.69) is 80.6 Å². The maximum absolute atomic E-state index is 6.16. The van der Waals surface area contributed by atoms with E-state index in [1.54, 1.807) is 7.05 Å². The van der Waals surface area contributed by atoms with E-state index >= 15 is 0 Å². The molecule has 1 aliphatic rings. The molecule has 1 fully saturated rings. The van der Waals surface area contributed by atoms with Crippen LogP contribution in [0.4, 0.5) is 0 Å². The molecule has 2 aromatic carbocycles. The summed E-state index contributed by atoms with van der Waals surface area (Å²) in [6.45, 7) is 5.18. The topological polar surface area (TPSA) is 63.5 Å². The van der Waals surface area contributed by atoms with Gasteiger partial charge >= 0.3 is 0 Å². The molecule has 2 N–H and O–H groups in total. The zero-order valence-corrected chi connectivity index (χ0v) is 21.7. The first-order valence-corrected chi connectivity index (χ1v) is 11.4. The third-order valence-electron chi connectivity index (χ3n) is 6.02. The van der Waals surface area contributed by atoms with Crippen LogP contribution in [0.3, 0.4) is 0 Å². The molecule has 2 heterocycles. The highest BCUT2D eigenvalue weighted by atomic mass is 127. The lowest BCUT2D eigenvalue weighted by Gasteiger charge is -2.32. The summed E-state index contributed by atoms with van der Waals surface area (Å²) in [4.78, 5) is 8.94. The van der Waals surface area contributed by atoms with Crippen LogP contribution in [0.15, 0.2) is 72.0 Å². The van der Waals surface area contributed by atoms with E-state index in [9.17, 15) is 0 Å². The molecule has 0 saturated carbocycles. The number of rotatable bonds is 7. The van der Waals surface area contributed by atoms with E-state index in [0.717, 1.165) is 44.3 Å². The predicted octanol–water partition coefficient (Wildman–Crippen LogP) is 4.69. The quantitative estimate of drug-likeness (QED) is 0.251. The van der Waals surface area contributed by atoms with Gasteiger partial charge in [0.2, 0.25) is 0 Å². The zero-order chi connectivity index (χ0) is 22.2. The number of guanidine groups is 1. The van der Waals surface area contributed by atoms with E-state index in [-0.39, 0.29) is 30.1 Å². The van der Waals surface area contributed by atoms with Gasteiger partial charge in [0.15, 0.2) is 5.96 Å². The summed E-state index contributed by atoms with van der Waals surface area (Å²) < 4.78 is 8.32. The summed E-state index contributed by atoms with van der Waals surface area (Å²) in [5.41, 5.74) is 3.79. The fourth-order valence-electron chi connectivity index (χ4n) is 4.22. The van der Waals surface area contributed by atoms with Crippen molar-refractivity contribution >= 4 is 29.9 Å². The average Bonchev–Trinajstić information content (AvgIpc) is 3.27.